The van der Waals surface area contributed by atoms with Crippen LogP contribution in [0, 0.1) is 0 Å². The number of para-hydroxylation sites is 3. The standard InChI is InChI=1S/C22H23N5O/c23-18-8-2-3-9-19(18)26-22(28)17-7-1-4-10-20(17)27-14-12-16(15-27)25-21-11-5-6-13-24-21/h1-11,13,16H,12,14-15,23H2,(H,24,25)(H,26,28). The van der Waals surface area contributed by atoms with E-state index in [4.69, 9.17) is 5.73 Å². The fourth-order valence-electron chi connectivity index (χ4n) is 3.50. The summed E-state index contributed by atoms with van der Waals surface area (Å²) in [6, 6.07) is 21.1. The molecule has 1 atom stereocenters. The highest BCUT2D eigenvalue weighted by atomic mass is 16.1. The Morgan fingerprint density at radius 1 is 1.04 bits per heavy atom. The minimum atomic E-state index is -0.158. The van der Waals surface area contributed by atoms with Gasteiger partial charge in [0.2, 0.25) is 0 Å². The van der Waals surface area contributed by atoms with E-state index in [1.54, 1.807) is 18.3 Å². The second kappa shape index (κ2) is 8.00. The summed E-state index contributed by atoms with van der Waals surface area (Å²) >= 11 is 0. The molecule has 4 N–H and O–H groups in total. The Bertz CT molecular complexity index is 960. The molecule has 1 aliphatic rings. The van der Waals surface area contributed by atoms with Gasteiger partial charge in [0, 0.05) is 31.0 Å². The van der Waals surface area contributed by atoms with Crippen molar-refractivity contribution in [2.45, 2.75) is 12.5 Å². The Labute approximate surface area is 164 Å². The van der Waals surface area contributed by atoms with Crippen LogP contribution in [0.4, 0.5) is 22.9 Å². The molecule has 142 valence electrons. The van der Waals surface area contributed by atoms with E-state index >= 15 is 0 Å². The van der Waals surface area contributed by atoms with Gasteiger partial charge < -0.3 is 21.3 Å². The molecule has 0 aliphatic carbocycles. The van der Waals surface area contributed by atoms with Crippen molar-refractivity contribution >= 4 is 28.8 Å². The highest BCUT2D eigenvalue weighted by Gasteiger charge is 2.26. The number of pyridine rings is 1. The summed E-state index contributed by atoms with van der Waals surface area (Å²) in [6.45, 7) is 1.69. The zero-order chi connectivity index (χ0) is 19.3. The molecule has 4 rings (SSSR count). The third-order valence-electron chi connectivity index (χ3n) is 4.90. The molecule has 6 nitrogen and oxygen atoms in total. The second-order valence-electron chi connectivity index (χ2n) is 6.85. The highest BCUT2D eigenvalue weighted by Crippen LogP contribution is 2.27. The van der Waals surface area contributed by atoms with Crippen molar-refractivity contribution in [3.8, 4) is 0 Å². The zero-order valence-corrected chi connectivity index (χ0v) is 15.5. The van der Waals surface area contributed by atoms with Gasteiger partial charge in [0.1, 0.15) is 5.82 Å². The molecule has 2 aromatic carbocycles. The third-order valence-corrected chi connectivity index (χ3v) is 4.90. The number of carbonyl (C=O) groups excluding carboxylic acids is 1. The van der Waals surface area contributed by atoms with E-state index in [2.05, 4.69) is 20.5 Å². The number of rotatable bonds is 5. The lowest BCUT2D eigenvalue weighted by Crippen LogP contribution is -2.28. The first-order valence-electron chi connectivity index (χ1n) is 9.38. The number of benzene rings is 2. The van der Waals surface area contributed by atoms with Crippen molar-refractivity contribution in [3.05, 3.63) is 78.5 Å². The number of nitrogen functional groups attached to an aromatic ring is 1. The molecular weight excluding hydrogens is 350 g/mol. The van der Waals surface area contributed by atoms with E-state index in [-0.39, 0.29) is 11.9 Å². The van der Waals surface area contributed by atoms with Crippen molar-refractivity contribution in [1.29, 1.82) is 0 Å². The maximum Gasteiger partial charge on any atom is 0.257 e. The monoisotopic (exact) mass is 373 g/mol. The molecule has 2 heterocycles. The second-order valence-corrected chi connectivity index (χ2v) is 6.85. The van der Waals surface area contributed by atoms with Crippen LogP contribution < -0.4 is 21.3 Å². The maximum absolute atomic E-state index is 12.9. The summed E-state index contributed by atoms with van der Waals surface area (Å²) < 4.78 is 0. The highest BCUT2D eigenvalue weighted by molar-refractivity contribution is 6.09. The van der Waals surface area contributed by atoms with Crippen LogP contribution in [0.3, 0.4) is 0 Å². The molecule has 0 saturated carbocycles. The summed E-state index contributed by atoms with van der Waals surface area (Å²) in [7, 11) is 0. The van der Waals surface area contributed by atoms with Gasteiger partial charge >= 0.3 is 0 Å². The van der Waals surface area contributed by atoms with E-state index in [0.29, 0.717) is 16.9 Å². The molecule has 1 saturated heterocycles. The van der Waals surface area contributed by atoms with Gasteiger partial charge in [-0.15, -0.1) is 0 Å². The van der Waals surface area contributed by atoms with Gasteiger partial charge in [-0.05, 0) is 42.8 Å². The van der Waals surface area contributed by atoms with Crippen molar-refractivity contribution in [2.24, 2.45) is 0 Å². The van der Waals surface area contributed by atoms with Crippen LogP contribution >= 0.6 is 0 Å². The molecule has 0 spiro atoms. The van der Waals surface area contributed by atoms with Crippen LogP contribution in [0.1, 0.15) is 16.8 Å². The summed E-state index contributed by atoms with van der Waals surface area (Å²) in [4.78, 5) is 19.5. The Hall–Kier alpha value is -3.54. The van der Waals surface area contributed by atoms with Gasteiger partial charge in [-0.3, -0.25) is 4.79 Å². The molecule has 6 heteroatoms. The maximum atomic E-state index is 12.9. The third kappa shape index (κ3) is 3.91. The van der Waals surface area contributed by atoms with E-state index in [0.717, 1.165) is 31.0 Å². The van der Waals surface area contributed by atoms with E-state index in [1.807, 2.05) is 54.6 Å². The molecule has 0 radical (unpaired) electrons. The van der Waals surface area contributed by atoms with E-state index in [9.17, 15) is 4.79 Å². The number of nitrogens with two attached hydrogens (primary N) is 1. The number of hydrogen-bond acceptors (Lipinski definition) is 5. The van der Waals surface area contributed by atoms with Crippen LogP contribution in [-0.2, 0) is 0 Å². The van der Waals surface area contributed by atoms with Gasteiger partial charge in [-0.2, -0.15) is 0 Å². The number of nitrogens with one attached hydrogen (secondary N) is 2. The number of anilines is 4. The summed E-state index contributed by atoms with van der Waals surface area (Å²) in [5, 5.41) is 6.39. The van der Waals surface area contributed by atoms with Crippen LogP contribution in [-0.4, -0.2) is 30.0 Å². The van der Waals surface area contributed by atoms with Gasteiger partial charge in [0.25, 0.3) is 5.91 Å². The van der Waals surface area contributed by atoms with Gasteiger partial charge in [0.05, 0.1) is 16.9 Å². The summed E-state index contributed by atoms with van der Waals surface area (Å²) in [5.74, 6) is 0.717. The smallest absolute Gasteiger partial charge is 0.257 e. The molecule has 1 amide bonds. The van der Waals surface area contributed by atoms with Gasteiger partial charge in [-0.1, -0.05) is 30.3 Å². The first kappa shape index (κ1) is 17.9. The Balaban J connectivity index is 1.49. The van der Waals surface area contributed by atoms with Crippen LogP contribution in [0.25, 0.3) is 0 Å². The SMILES string of the molecule is Nc1ccccc1NC(=O)c1ccccc1N1CCC(Nc2ccccn2)C1. The van der Waals surface area contributed by atoms with E-state index < -0.39 is 0 Å². The van der Waals surface area contributed by atoms with Crippen LogP contribution in [0.5, 0.6) is 0 Å². The van der Waals surface area contributed by atoms with Crippen molar-refractivity contribution in [2.75, 3.05) is 34.4 Å². The lowest BCUT2D eigenvalue weighted by atomic mass is 10.1. The molecule has 3 aromatic rings. The Morgan fingerprint density at radius 3 is 2.64 bits per heavy atom. The summed E-state index contributed by atoms with van der Waals surface area (Å²) in [6.07, 6.45) is 2.77. The van der Waals surface area contributed by atoms with E-state index in [1.165, 1.54) is 0 Å². The van der Waals surface area contributed by atoms with Crippen LogP contribution in [0.15, 0.2) is 72.9 Å². The van der Waals surface area contributed by atoms with Gasteiger partial charge in [0.15, 0.2) is 0 Å². The zero-order valence-electron chi connectivity index (χ0n) is 15.5. The lowest BCUT2D eigenvalue weighted by molar-refractivity contribution is 0.102. The first-order valence-corrected chi connectivity index (χ1v) is 9.38. The van der Waals surface area contributed by atoms with Crippen molar-refractivity contribution < 1.29 is 4.79 Å². The molecular formula is C22H23N5O. The minimum Gasteiger partial charge on any atom is -0.397 e. The average molecular weight is 373 g/mol. The minimum absolute atomic E-state index is 0.158. The average Bonchev–Trinajstić information content (AvgIpc) is 3.19. The topological polar surface area (TPSA) is 83.3 Å². The summed E-state index contributed by atoms with van der Waals surface area (Å²) in [5.41, 5.74) is 8.71. The number of amides is 1. The van der Waals surface area contributed by atoms with Crippen molar-refractivity contribution in [3.63, 3.8) is 0 Å². The molecule has 1 aliphatic heterocycles. The predicted molar refractivity (Wildman–Crippen MR) is 114 cm³/mol. The Kier molecular flexibility index (Phi) is 5.10. The lowest BCUT2D eigenvalue weighted by Gasteiger charge is -2.22. The van der Waals surface area contributed by atoms with Crippen molar-refractivity contribution in [1.82, 2.24) is 4.98 Å². The molecule has 1 unspecified atom stereocenters. The Morgan fingerprint density at radius 2 is 1.82 bits per heavy atom. The molecule has 0 bridgehead atoms. The molecule has 1 aromatic heterocycles. The fraction of sp³-hybridized carbons (Fsp3) is 0.182. The number of nitrogens with zero attached hydrogens (tertiary/aromatic N) is 2. The normalized spacial score (nSPS) is 16.0. The number of aromatic nitrogens is 1. The molecule has 1 fully saturated rings. The quantitative estimate of drug-likeness (QED) is 0.595. The molecule has 28 heavy (non-hydrogen) atoms. The fourth-order valence-corrected chi connectivity index (χ4v) is 3.50. The number of carbonyl (C=O) groups is 1. The largest absolute Gasteiger partial charge is 0.397 e. The number of hydrogen-bond donors (Lipinski definition) is 3. The van der Waals surface area contributed by atoms with Gasteiger partial charge in [-0.25, -0.2) is 4.98 Å². The first-order chi connectivity index (χ1) is 13.7. The van der Waals surface area contributed by atoms with Crippen LogP contribution in [0.2, 0.25) is 0 Å². The predicted octanol–water partition coefficient (Wildman–Crippen LogP) is 3.61.